The van der Waals surface area contributed by atoms with Crippen molar-refractivity contribution in [3.63, 3.8) is 0 Å². The van der Waals surface area contributed by atoms with Crippen LogP contribution in [0.3, 0.4) is 0 Å². The van der Waals surface area contributed by atoms with Gasteiger partial charge in [0, 0.05) is 13.6 Å². The zero-order valence-corrected chi connectivity index (χ0v) is 9.03. The Morgan fingerprint density at radius 1 is 1.40 bits per heavy atom. The second kappa shape index (κ2) is 5.16. The highest BCUT2D eigenvalue weighted by molar-refractivity contribution is 5.77. The van der Waals surface area contributed by atoms with E-state index < -0.39 is 0 Å². The summed E-state index contributed by atoms with van der Waals surface area (Å²) in [5.41, 5.74) is 2.28. The highest BCUT2D eigenvalue weighted by atomic mass is 16.2. The molecule has 0 saturated carbocycles. The van der Waals surface area contributed by atoms with Gasteiger partial charge in [-0.3, -0.25) is 4.79 Å². The Morgan fingerprint density at radius 2 is 2.00 bits per heavy atom. The van der Waals surface area contributed by atoms with Crippen molar-refractivity contribution in [3.05, 3.63) is 35.4 Å². The number of carbonyl (C=O) groups is 1. The lowest BCUT2D eigenvalue weighted by molar-refractivity contribution is -0.129. The number of nitriles is 1. The molecule has 1 aromatic carbocycles. The molecule has 3 heteroatoms. The molecule has 0 bridgehead atoms. The average Bonchev–Trinajstić information content (AvgIpc) is 2.22. The molecule has 1 amide bonds. The molecule has 15 heavy (non-hydrogen) atoms. The zero-order chi connectivity index (χ0) is 11.3. The van der Waals surface area contributed by atoms with E-state index in [4.69, 9.17) is 5.26 Å². The predicted octanol–water partition coefficient (Wildman–Crippen LogP) is 1.87. The summed E-state index contributed by atoms with van der Waals surface area (Å²) < 4.78 is 0. The number of amides is 1. The highest BCUT2D eigenvalue weighted by Gasteiger charge is 2.07. The SMILES string of the molecule is Cc1ccc(CN(C)C(=O)CC#N)cc1. The molecule has 0 unspecified atom stereocenters. The zero-order valence-electron chi connectivity index (χ0n) is 9.03. The average molecular weight is 202 g/mol. The molecular formula is C12H14N2O. The standard InChI is InChI=1S/C12H14N2O/c1-10-3-5-11(6-4-10)9-14(2)12(15)7-8-13/h3-6H,7,9H2,1-2H3. The number of benzene rings is 1. The maximum absolute atomic E-state index is 11.3. The summed E-state index contributed by atoms with van der Waals surface area (Å²) in [7, 11) is 1.71. The Kier molecular flexibility index (Phi) is 3.87. The summed E-state index contributed by atoms with van der Waals surface area (Å²) in [5, 5.41) is 8.39. The van der Waals surface area contributed by atoms with Gasteiger partial charge in [0.2, 0.25) is 5.91 Å². The van der Waals surface area contributed by atoms with Crippen LogP contribution in [0.5, 0.6) is 0 Å². The fourth-order valence-corrected chi connectivity index (χ4v) is 1.26. The van der Waals surface area contributed by atoms with Crippen molar-refractivity contribution in [1.29, 1.82) is 5.26 Å². The minimum atomic E-state index is -0.141. The Hall–Kier alpha value is -1.82. The van der Waals surface area contributed by atoms with Gasteiger partial charge in [0.05, 0.1) is 6.07 Å². The molecule has 0 atom stereocenters. The first-order chi connectivity index (χ1) is 7.13. The van der Waals surface area contributed by atoms with Crippen molar-refractivity contribution in [1.82, 2.24) is 4.90 Å². The maximum Gasteiger partial charge on any atom is 0.236 e. The van der Waals surface area contributed by atoms with Gasteiger partial charge in [0.15, 0.2) is 0 Å². The van der Waals surface area contributed by atoms with Gasteiger partial charge in [0.25, 0.3) is 0 Å². The first-order valence-electron chi connectivity index (χ1n) is 4.80. The second-order valence-electron chi connectivity index (χ2n) is 3.57. The molecule has 1 aromatic rings. The molecule has 0 aromatic heterocycles. The van der Waals surface area contributed by atoms with E-state index in [1.165, 1.54) is 5.56 Å². The molecule has 0 radical (unpaired) electrons. The molecule has 0 spiro atoms. The van der Waals surface area contributed by atoms with Gasteiger partial charge >= 0.3 is 0 Å². The van der Waals surface area contributed by atoms with E-state index in [2.05, 4.69) is 0 Å². The summed E-state index contributed by atoms with van der Waals surface area (Å²) >= 11 is 0. The number of hydrogen-bond acceptors (Lipinski definition) is 2. The number of hydrogen-bond donors (Lipinski definition) is 0. The van der Waals surface area contributed by atoms with E-state index in [0.717, 1.165) is 5.56 Å². The first kappa shape index (κ1) is 11.3. The van der Waals surface area contributed by atoms with Gasteiger partial charge in [-0.1, -0.05) is 29.8 Å². The largest absolute Gasteiger partial charge is 0.341 e. The Bertz CT molecular complexity index is 376. The highest BCUT2D eigenvalue weighted by Crippen LogP contribution is 2.06. The van der Waals surface area contributed by atoms with Crippen LogP contribution in [0, 0.1) is 18.3 Å². The van der Waals surface area contributed by atoms with Crippen LogP contribution >= 0.6 is 0 Å². The Labute approximate surface area is 89.9 Å². The van der Waals surface area contributed by atoms with Crippen LogP contribution in [-0.2, 0) is 11.3 Å². The van der Waals surface area contributed by atoms with Crippen molar-refractivity contribution in [2.45, 2.75) is 19.9 Å². The summed E-state index contributed by atoms with van der Waals surface area (Å²) in [6, 6.07) is 9.86. The minimum Gasteiger partial charge on any atom is -0.341 e. The number of carbonyl (C=O) groups excluding carboxylic acids is 1. The molecule has 0 fully saturated rings. The van der Waals surface area contributed by atoms with E-state index in [-0.39, 0.29) is 12.3 Å². The normalized spacial score (nSPS) is 9.40. The lowest BCUT2D eigenvalue weighted by Gasteiger charge is -2.15. The second-order valence-corrected chi connectivity index (χ2v) is 3.57. The molecule has 3 nitrogen and oxygen atoms in total. The summed E-state index contributed by atoms with van der Waals surface area (Å²) in [6.07, 6.45) is -0.0532. The fraction of sp³-hybridized carbons (Fsp3) is 0.333. The Balaban J connectivity index is 2.59. The third-order valence-corrected chi connectivity index (χ3v) is 2.20. The van der Waals surface area contributed by atoms with E-state index in [1.807, 2.05) is 37.3 Å². The minimum absolute atomic E-state index is 0.0532. The molecule has 0 aliphatic heterocycles. The maximum atomic E-state index is 11.3. The van der Waals surface area contributed by atoms with Gasteiger partial charge in [-0.2, -0.15) is 5.26 Å². The first-order valence-corrected chi connectivity index (χ1v) is 4.80. The molecule has 0 heterocycles. The summed E-state index contributed by atoms with van der Waals surface area (Å²) in [6.45, 7) is 2.58. The molecule has 0 N–H and O–H groups in total. The quantitative estimate of drug-likeness (QED) is 0.751. The van der Waals surface area contributed by atoms with Crippen molar-refractivity contribution >= 4 is 5.91 Å². The third-order valence-electron chi connectivity index (χ3n) is 2.20. The molecule has 78 valence electrons. The molecule has 0 saturated heterocycles. The van der Waals surface area contributed by atoms with Gasteiger partial charge in [-0.15, -0.1) is 0 Å². The van der Waals surface area contributed by atoms with E-state index in [9.17, 15) is 4.79 Å². The third kappa shape index (κ3) is 3.43. The monoisotopic (exact) mass is 202 g/mol. The van der Waals surface area contributed by atoms with Crippen LogP contribution in [0.25, 0.3) is 0 Å². The fourth-order valence-electron chi connectivity index (χ4n) is 1.26. The van der Waals surface area contributed by atoms with Crippen molar-refractivity contribution in [2.24, 2.45) is 0 Å². The van der Waals surface area contributed by atoms with E-state index in [1.54, 1.807) is 11.9 Å². The van der Waals surface area contributed by atoms with Crippen molar-refractivity contribution in [3.8, 4) is 6.07 Å². The smallest absolute Gasteiger partial charge is 0.236 e. The molecular weight excluding hydrogens is 188 g/mol. The lowest BCUT2D eigenvalue weighted by Crippen LogP contribution is -2.25. The van der Waals surface area contributed by atoms with Crippen LogP contribution < -0.4 is 0 Å². The molecule has 1 rings (SSSR count). The van der Waals surface area contributed by atoms with Crippen LogP contribution in [0.4, 0.5) is 0 Å². The van der Waals surface area contributed by atoms with Crippen molar-refractivity contribution in [2.75, 3.05) is 7.05 Å². The van der Waals surface area contributed by atoms with Gasteiger partial charge in [0.1, 0.15) is 6.42 Å². The van der Waals surface area contributed by atoms with Crippen LogP contribution in [-0.4, -0.2) is 17.9 Å². The predicted molar refractivity (Wildman–Crippen MR) is 57.9 cm³/mol. The summed E-state index contributed by atoms with van der Waals surface area (Å²) in [5.74, 6) is -0.141. The topological polar surface area (TPSA) is 44.1 Å². The molecule has 0 aliphatic carbocycles. The number of nitrogens with zero attached hydrogens (tertiary/aromatic N) is 2. The van der Waals surface area contributed by atoms with E-state index >= 15 is 0 Å². The Morgan fingerprint density at radius 3 is 2.53 bits per heavy atom. The lowest BCUT2D eigenvalue weighted by atomic mass is 10.1. The van der Waals surface area contributed by atoms with Crippen LogP contribution in [0.2, 0.25) is 0 Å². The molecule has 0 aliphatic rings. The van der Waals surface area contributed by atoms with Crippen LogP contribution in [0.1, 0.15) is 17.5 Å². The number of aryl methyl sites for hydroxylation is 1. The van der Waals surface area contributed by atoms with Crippen LogP contribution in [0.15, 0.2) is 24.3 Å². The van der Waals surface area contributed by atoms with Crippen molar-refractivity contribution < 1.29 is 4.79 Å². The van der Waals surface area contributed by atoms with Gasteiger partial charge in [-0.05, 0) is 12.5 Å². The number of rotatable bonds is 3. The van der Waals surface area contributed by atoms with E-state index in [0.29, 0.717) is 6.54 Å². The summed E-state index contributed by atoms with van der Waals surface area (Å²) in [4.78, 5) is 12.9. The van der Waals surface area contributed by atoms with Gasteiger partial charge < -0.3 is 4.90 Å². The van der Waals surface area contributed by atoms with Gasteiger partial charge in [-0.25, -0.2) is 0 Å².